The van der Waals surface area contributed by atoms with Gasteiger partial charge in [-0.1, -0.05) is 24.3 Å². The van der Waals surface area contributed by atoms with Crippen LogP contribution in [0.2, 0.25) is 0 Å². The largest absolute Gasteiger partial charge is 0.508 e. The number of nitrogens with one attached hydrogen (secondary N) is 1. The molecule has 35 heavy (non-hydrogen) atoms. The van der Waals surface area contributed by atoms with Crippen LogP contribution in [0.25, 0.3) is 0 Å². The van der Waals surface area contributed by atoms with Crippen LogP contribution >= 0.6 is 0 Å². The number of rotatable bonds is 6. The Kier molecular flexibility index (Phi) is 7.36. The highest BCUT2D eigenvalue weighted by atomic mass is 16.5. The van der Waals surface area contributed by atoms with E-state index >= 15 is 0 Å². The van der Waals surface area contributed by atoms with Crippen LogP contribution in [0.5, 0.6) is 17.2 Å². The summed E-state index contributed by atoms with van der Waals surface area (Å²) in [5.41, 5.74) is 5.60. The van der Waals surface area contributed by atoms with E-state index in [9.17, 15) is 14.7 Å². The van der Waals surface area contributed by atoms with Gasteiger partial charge in [-0.15, -0.1) is 0 Å². The van der Waals surface area contributed by atoms with E-state index in [2.05, 4.69) is 34.5 Å². The van der Waals surface area contributed by atoms with Crippen molar-refractivity contribution in [3.05, 3.63) is 82.4 Å². The summed E-state index contributed by atoms with van der Waals surface area (Å²) < 4.78 is 10.9. The van der Waals surface area contributed by atoms with Crippen LogP contribution in [0, 0.1) is 13.8 Å². The second kappa shape index (κ2) is 10.6. The summed E-state index contributed by atoms with van der Waals surface area (Å²) in [7, 11) is 0. The molecule has 0 spiro atoms. The van der Waals surface area contributed by atoms with Gasteiger partial charge in [-0.2, -0.15) is 0 Å². The highest BCUT2D eigenvalue weighted by Gasteiger charge is 2.19. The number of hydrogen-bond acceptors (Lipinski definition) is 6. The smallest absolute Gasteiger partial charge is 0.397 e. The average molecular weight is 475 g/mol. The van der Waals surface area contributed by atoms with Gasteiger partial charge >= 0.3 is 11.9 Å². The number of benzene rings is 3. The molecule has 7 heteroatoms. The molecule has 1 aliphatic rings. The quantitative estimate of drug-likeness (QED) is 0.392. The summed E-state index contributed by atoms with van der Waals surface area (Å²) in [5.74, 6) is -0.228. The molecule has 1 amide bonds. The number of hydrogen-bond donors (Lipinski definition) is 2. The number of nitrogens with zero attached hydrogens (tertiary/aromatic N) is 1. The van der Waals surface area contributed by atoms with Crippen molar-refractivity contribution in [1.82, 2.24) is 4.90 Å². The number of aromatic hydroxyl groups is 1. The molecule has 7 nitrogen and oxygen atoms in total. The van der Waals surface area contributed by atoms with Crippen molar-refractivity contribution < 1.29 is 24.2 Å². The number of fused-ring (bicyclic) bond motifs is 1. The van der Waals surface area contributed by atoms with E-state index in [0.29, 0.717) is 23.7 Å². The number of aryl methyl sites for hydroxylation is 2. The standard InChI is InChI=1S/C28H30N2O5/c1-4-34-28(33)27(32)29-23-13-18(2)26(19(3)14-23)35-24-9-10-25(31)22(15-24)17-30-12-11-20-7-5-6-8-21(20)16-30/h5-10,13-15,31H,4,11-12,16-17H2,1-3H3,(H,29,32). The first-order chi connectivity index (χ1) is 16.8. The van der Waals surface area contributed by atoms with Gasteiger partial charge in [-0.05, 0) is 79.8 Å². The lowest BCUT2D eigenvalue weighted by atomic mass is 9.99. The Labute approximate surface area is 205 Å². The number of phenolic OH excluding ortho intramolecular Hbond substituents is 1. The van der Waals surface area contributed by atoms with Crippen LogP contribution in [0.15, 0.2) is 54.6 Å². The van der Waals surface area contributed by atoms with E-state index < -0.39 is 11.9 Å². The fourth-order valence-electron chi connectivity index (χ4n) is 4.36. The van der Waals surface area contributed by atoms with Gasteiger partial charge in [-0.25, -0.2) is 4.79 Å². The Bertz CT molecular complexity index is 1230. The molecule has 1 aliphatic heterocycles. The topological polar surface area (TPSA) is 88.1 Å². The summed E-state index contributed by atoms with van der Waals surface area (Å²) in [6.45, 7) is 7.91. The van der Waals surface area contributed by atoms with E-state index in [-0.39, 0.29) is 12.4 Å². The third kappa shape index (κ3) is 5.81. The lowest BCUT2D eigenvalue weighted by Gasteiger charge is -2.29. The highest BCUT2D eigenvalue weighted by Crippen LogP contribution is 2.34. The first-order valence-electron chi connectivity index (χ1n) is 11.7. The van der Waals surface area contributed by atoms with Gasteiger partial charge in [0.25, 0.3) is 0 Å². The van der Waals surface area contributed by atoms with Gasteiger partial charge in [0.05, 0.1) is 6.61 Å². The minimum atomic E-state index is -0.919. The molecule has 0 bridgehead atoms. The molecule has 0 saturated heterocycles. The highest BCUT2D eigenvalue weighted by molar-refractivity contribution is 6.37. The first-order valence-corrected chi connectivity index (χ1v) is 11.7. The molecule has 0 atom stereocenters. The van der Waals surface area contributed by atoms with Crippen molar-refractivity contribution in [2.24, 2.45) is 0 Å². The molecule has 3 aromatic carbocycles. The molecule has 0 aliphatic carbocycles. The molecule has 0 unspecified atom stereocenters. The van der Waals surface area contributed by atoms with Crippen LogP contribution < -0.4 is 10.1 Å². The van der Waals surface area contributed by atoms with E-state index in [0.717, 1.165) is 36.2 Å². The van der Waals surface area contributed by atoms with Gasteiger partial charge in [0, 0.05) is 30.9 Å². The zero-order valence-electron chi connectivity index (χ0n) is 20.3. The monoisotopic (exact) mass is 474 g/mol. The minimum absolute atomic E-state index is 0.136. The molecule has 0 saturated carbocycles. The molecule has 1 heterocycles. The number of esters is 1. The van der Waals surface area contributed by atoms with E-state index in [4.69, 9.17) is 9.47 Å². The summed E-state index contributed by atoms with van der Waals surface area (Å²) in [6, 6.07) is 17.2. The maximum atomic E-state index is 12.0. The molecule has 0 aromatic heterocycles. The SMILES string of the molecule is CCOC(=O)C(=O)Nc1cc(C)c(Oc2ccc(O)c(CN3CCc4ccccc4C3)c2)c(C)c1. The van der Waals surface area contributed by atoms with Gasteiger partial charge in [0.1, 0.15) is 17.2 Å². The van der Waals surface area contributed by atoms with Crippen LogP contribution in [0.3, 0.4) is 0 Å². The van der Waals surface area contributed by atoms with E-state index in [1.54, 1.807) is 31.2 Å². The normalized spacial score (nSPS) is 13.1. The Morgan fingerprint density at radius 1 is 1.03 bits per heavy atom. The molecule has 4 rings (SSSR count). The maximum absolute atomic E-state index is 12.0. The third-order valence-corrected chi connectivity index (χ3v) is 6.05. The van der Waals surface area contributed by atoms with Gasteiger partial charge in [0.15, 0.2) is 0 Å². The Balaban J connectivity index is 1.47. The number of amides is 1. The fourth-order valence-corrected chi connectivity index (χ4v) is 4.36. The lowest BCUT2D eigenvalue weighted by Crippen LogP contribution is -2.30. The second-order valence-electron chi connectivity index (χ2n) is 8.74. The van der Waals surface area contributed by atoms with Crippen molar-refractivity contribution in [3.63, 3.8) is 0 Å². The van der Waals surface area contributed by atoms with Crippen LogP contribution in [0.4, 0.5) is 5.69 Å². The predicted molar refractivity (Wildman–Crippen MR) is 134 cm³/mol. The van der Waals surface area contributed by atoms with E-state index in [1.807, 2.05) is 19.9 Å². The number of carbonyl (C=O) groups is 2. The predicted octanol–water partition coefficient (Wildman–Crippen LogP) is 4.86. The van der Waals surface area contributed by atoms with Gasteiger partial charge in [-0.3, -0.25) is 9.69 Å². The summed E-state index contributed by atoms with van der Waals surface area (Å²) in [5, 5.41) is 13.0. The molecular formula is C28H30N2O5. The van der Waals surface area contributed by atoms with Crippen molar-refractivity contribution in [1.29, 1.82) is 0 Å². The van der Waals surface area contributed by atoms with Crippen molar-refractivity contribution in [2.75, 3.05) is 18.5 Å². The van der Waals surface area contributed by atoms with Crippen LogP contribution in [0.1, 0.15) is 34.7 Å². The Morgan fingerprint density at radius 2 is 1.74 bits per heavy atom. The van der Waals surface area contributed by atoms with Crippen molar-refractivity contribution in [2.45, 2.75) is 40.3 Å². The van der Waals surface area contributed by atoms with Crippen molar-refractivity contribution in [3.8, 4) is 17.2 Å². The second-order valence-corrected chi connectivity index (χ2v) is 8.74. The summed E-state index contributed by atoms with van der Waals surface area (Å²) >= 11 is 0. The molecule has 182 valence electrons. The lowest BCUT2D eigenvalue weighted by molar-refractivity contribution is -0.152. The average Bonchev–Trinajstić information content (AvgIpc) is 2.83. The Hall–Kier alpha value is -3.84. The van der Waals surface area contributed by atoms with Crippen LogP contribution in [-0.2, 0) is 33.8 Å². The number of phenols is 1. The van der Waals surface area contributed by atoms with Crippen LogP contribution in [-0.4, -0.2) is 35.0 Å². The third-order valence-electron chi connectivity index (χ3n) is 6.05. The number of ether oxygens (including phenoxy) is 2. The molecule has 0 fully saturated rings. The molecule has 0 radical (unpaired) electrons. The molecule has 2 N–H and O–H groups in total. The van der Waals surface area contributed by atoms with Gasteiger partial charge in [0.2, 0.25) is 0 Å². The van der Waals surface area contributed by atoms with Gasteiger partial charge < -0.3 is 19.9 Å². The number of anilines is 1. The maximum Gasteiger partial charge on any atom is 0.397 e. The number of carbonyl (C=O) groups excluding carboxylic acids is 2. The first kappa shape index (κ1) is 24.3. The Morgan fingerprint density at radius 3 is 2.46 bits per heavy atom. The zero-order chi connectivity index (χ0) is 24.9. The fraction of sp³-hybridized carbons (Fsp3) is 0.286. The zero-order valence-corrected chi connectivity index (χ0v) is 20.3. The molecule has 3 aromatic rings. The van der Waals surface area contributed by atoms with E-state index in [1.165, 1.54) is 11.1 Å². The van der Waals surface area contributed by atoms with Crippen molar-refractivity contribution >= 4 is 17.6 Å². The summed E-state index contributed by atoms with van der Waals surface area (Å²) in [4.78, 5) is 25.9. The summed E-state index contributed by atoms with van der Waals surface area (Å²) in [6.07, 6.45) is 0.991. The molecular weight excluding hydrogens is 444 g/mol. The minimum Gasteiger partial charge on any atom is -0.508 e.